The second-order valence-corrected chi connectivity index (χ2v) is 3.10. The molecular formula is C12H10O5. The summed E-state index contributed by atoms with van der Waals surface area (Å²) in [5, 5.41) is 26.5. The van der Waals surface area contributed by atoms with Crippen LogP contribution >= 0.6 is 0 Å². The number of aromatic hydroxyl groups is 1. The Morgan fingerprint density at radius 2 is 1.76 bits per heavy atom. The molecule has 0 unspecified atom stereocenters. The minimum absolute atomic E-state index is 0.104. The molecule has 0 radical (unpaired) electrons. The summed E-state index contributed by atoms with van der Waals surface area (Å²) in [4.78, 5) is 21.7. The fourth-order valence-corrected chi connectivity index (χ4v) is 1.07. The van der Waals surface area contributed by atoms with E-state index < -0.39 is 17.5 Å². The molecule has 0 saturated carbocycles. The van der Waals surface area contributed by atoms with Gasteiger partial charge in [-0.25, -0.2) is 4.79 Å². The number of carbonyl (C=O) groups excluding carboxylic acids is 1. The van der Waals surface area contributed by atoms with Crippen molar-refractivity contribution in [2.75, 3.05) is 0 Å². The number of allylic oxidation sites excluding steroid dienone is 3. The summed E-state index contributed by atoms with van der Waals surface area (Å²) >= 11 is 0. The Kier molecular flexibility index (Phi) is 4.05. The van der Waals surface area contributed by atoms with Gasteiger partial charge < -0.3 is 15.3 Å². The van der Waals surface area contributed by atoms with Gasteiger partial charge in [0, 0.05) is 0 Å². The molecule has 88 valence electrons. The molecule has 0 aliphatic rings. The predicted molar refractivity (Wildman–Crippen MR) is 59.9 cm³/mol. The van der Waals surface area contributed by atoms with Crippen LogP contribution in [0.3, 0.4) is 0 Å². The van der Waals surface area contributed by atoms with Gasteiger partial charge in [0.05, 0.1) is 5.56 Å². The van der Waals surface area contributed by atoms with Gasteiger partial charge in [0.1, 0.15) is 5.75 Å². The molecule has 1 aromatic carbocycles. The Labute approximate surface area is 96.9 Å². The number of rotatable bonds is 4. The summed E-state index contributed by atoms with van der Waals surface area (Å²) in [6.45, 7) is 0. The molecular weight excluding hydrogens is 224 g/mol. The maximum Gasteiger partial charge on any atom is 0.370 e. The molecule has 0 fully saturated rings. The predicted octanol–water partition coefficient (Wildman–Crippen LogP) is 1.66. The van der Waals surface area contributed by atoms with Gasteiger partial charge in [0.25, 0.3) is 0 Å². The van der Waals surface area contributed by atoms with Crippen LogP contribution in [0, 0.1) is 0 Å². The number of para-hydroxylation sites is 1. The zero-order chi connectivity index (χ0) is 12.8. The lowest BCUT2D eigenvalue weighted by molar-refractivity contribution is -0.135. The van der Waals surface area contributed by atoms with Gasteiger partial charge in [-0.2, -0.15) is 0 Å². The SMILES string of the molecule is O=C(O)/C(O)=C/C=C/C(=O)c1ccccc1O. The quantitative estimate of drug-likeness (QED) is 0.318. The molecule has 5 heteroatoms. The van der Waals surface area contributed by atoms with Crippen LogP contribution in [-0.2, 0) is 4.79 Å². The maximum atomic E-state index is 11.5. The number of aliphatic hydroxyl groups excluding tert-OH is 1. The van der Waals surface area contributed by atoms with Crippen LogP contribution in [0.25, 0.3) is 0 Å². The van der Waals surface area contributed by atoms with Crippen LogP contribution in [-0.4, -0.2) is 27.1 Å². The molecule has 0 heterocycles. The summed E-state index contributed by atoms with van der Waals surface area (Å²) in [7, 11) is 0. The maximum absolute atomic E-state index is 11.5. The van der Waals surface area contributed by atoms with E-state index in [1.165, 1.54) is 12.1 Å². The summed E-state index contributed by atoms with van der Waals surface area (Å²) in [6, 6.07) is 5.96. The molecule has 5 nitrogen and oxygen atoms in total. The first-order chi connectivity index (χ1) is 8.02. The highest BCUT2D eigenvalue weighted by Gasteiger charge is 2.06. The molecule has 0 saturated heterocycles. The van der Waals surface area contributed by atoms with E-state index in [4.69, 9.17) is 10.2 Å². The summed E-state index contributed by atoms with van der Waals surface area (Å²) in [5.74, 6) is -3.00. The molecule has 0 amide bonds. The van der Waals surface area contributed by atoms with E-state index in [0.717, 1.165) is 18.2 Å². The number of hydrogen-bond donors (Lipinski definition) is 3. The second-order valence-electron chi connectivity index (χ2n) is 3.10. The van der Waals surface area contributed by atoms with Crippen molar-refractivity contribution < 1.29 is 24.9 Å². The molecule has 1 rings (SSSR count). The first kappa shape index (κ1) is 12.5. The molecule has 0 aromatic heterocycles. The van der Waals surface area contributed by atoms with E-state index in [1.807, 2.05) is 0 Å². The van der Waals surface area contributed by atoms with Crippen LogP contribution in [0.4, 0.5) is 0 Å². The third kappa shape index (κ3) is 3.49. The van der Waals surface area contributed by atoms with Gasteiger partial charge in [-0.1, -0.05) is 18.2 Å². The van der Waals surface area contributed by atoms with Gasteiger partial charge in [-0.3, -0.25) is 4.79 Å². The normalized spacial score (nSPS) is 11.6. The highest BCUT2D eigenvalue weighted by molar-refractivity contribution is 6.06. The zero-order valence-electron chi connectivity index (χ0n) is 8.70. The number of carboxylic acid groups (broad SMARTS) is 1. The van der Waals surface area contributed by atoms with E-state index in [-0.39, 0.29) is 11.3 Å². The Morgan fingerprint density at radius 1 is 1.12 bits per heavy atom. The highest BCUT2D eigenvalue weighted by atomic mass is 16.4. The highest BCUT2D eigenvalue weighted by Crippen LogP contribution is 2.16. The Morgan fingerprint density at radius 3 is 2.35 bits per heavy atom. The van der Waals surface area contributed by atoms with Crippen molar-refractivity contribution in [3.05, 3.63) is 53.8 Å². The number of benzene rings is 1. The first-order valence-electron chi connectivity index (χ1n) is 4.65. The minimum Gasteiger partial charge on any atom is -0.507 e. The van der Waals surface area contributed by atoms with Crippen molar-refractivity contribution in [3.63, 3.8) is 0 Å². The van der Waals surface area contributed by atoms with E-state index >= 15 is 0 Å². The topological polar surface area (TPSA) is 94.8 Å². The van der Waals surface area contributed by atoms with Crippen molar-refractivity contribution in [2.24, 2.45) is 0 Å². The molecule has 0 aliphatic carbocycles. The number of hydrogen-bond acceptors (Lipinski definition) is 4. The molecule has 0 atom stereocenters. The number of aliphatic carboxylic acids is 1. The van der Waals surface area contributed by atoms with Crippen LogP contribution in [0.2, 0.25) is 0 Å². The number of phenols is 1. The average Bonchev–Trinajstić information content (AvgIpc) is 2.29. The Hall–Kier alpha value is -2.56. The van der Waals surface area contributed by atoms with Crippen molar-refractivity contribution >= 4 is 11.8 Å². The Bertz CT molecular complexity index is 499. The van der Waals surface area contributed by atoms with Crippen LogP contribution < -0.4 is 0 Å². The van der Waals surface area contributed by atoms with Crippen LogP contribution in [0.15, 0.2) is 48.3 Å². The van der Waals surface area contributed by atoms with Gasteiger partial charge in [-0.15, -0.1) is 0 Å². The molecule has 0 spiro atoms. The van der Waals surface area contributed by atoms with E-state index in [0.29, 0.717) is 0 Å². The molecule has 17 heavy (non-hydrogen) atoms. The van der Waals surface area contributed by atoms with Crippen molar-refractivity contribution in [1.29, 1.82) is 0 Å². The molecule has 0 bridgehead atoms. The van der Waals surface area contributed by atoms with Crippen molar-refractivity contribution in [1.82, 2.24) is 0 Å². The smallest absolute Gasteiger partial charge is 0.370 e. The van der Waals surface area contributed by atoms with Crippen LogP contribution in [0.5, 0.6) is 5.75 Å². The minimum atomic E-state index is -1.48. The number of carbonyl (C=O) groups is 2. The lowest BCUT2D eigenvalue weighted by Crippen LogP contribution is -1.98. The fraction of sp³-hybridized carbons (Fsp3) is 0. The summed E-state index contributed by atoms with van der Waals surface area (Å²) < 4.78 is 0. The number of phenolic OH excluding ortho intramolecular Hbond substituents is 1. The summed E-state index contributed by atoms with van der Waals surface area (Å²) in [6.07, 6.45) is 3.02. The fourth-order valence-electron chi connectivity index (χ4n) is 1.07. The first-order valence-corrected chi connectivity index (χ1v) is 4.65. The Balaban J connectivity index is 2.81. The number of ketones is 1. The monoisotopic (exact) mass is 234 g/mol. The van der Waals surface area contributed by atoms with Crippen LogP contribution in [0.1, 0.15) is 10.4 Å². The van der Waals surface area contributed by atoms with Gasteiger partial charge in [0.15, 0.2) is 5.78 Å². The molecule has 1 aromatic rings. The second kappa shape index (κ2) is 5.50. The number of carboxylic acids is 1. The molecule has 0 aliphatic heterocycles. The van der Waals surface area contributed by atoms with E-state index in [2.05, 4.69) is 0 Å². The lowest BCUT2D eigenvalue weighted by Gasteiger charge is -1.98. The van der Waals surface area contributed by atoms with E-state index in [1.54, 1.807) is 12.1 Å². The third-order valence-corrected chi connectivity index (χ3v) is 1.89. The third-order valence-electron chi connectivity index (χ3n) is 1.89. The van der Waals surface area contributed by atoms with Gasteiger partial charge in [-0.05, 0) is 24.3 Å². The lowest BCUT2D eigenvalue weighted by atomic mass is 10.1. The summed E-state index contributed by atoms with van der Waals surface area (Å²) in [5.41, 5.74) is 0.104. The van der Waals surface area contributed by atoms with Gasteiger partial charge in [0.2, 0.25) is 5.76 Å². The standard InChI is InChI=1S/C12H10O5/c13-9-5-2-1-4-8(9)10(14)6-3-7-11(15)12(16)17/h1-7,13,15H,(H,16,17)/b6-3+,11-7-. The van der Waals surface area contributed by atoms with Gasteiger partial charge >= 0.3 is 5.97 Å². The van der Waals surface area contributed by atoms with E-state index in [9.17, 15) is 14.7 Å². The average molecular weight is 234 g/mol. The largest absolute Gasteiger partial charge is 0.507 e. The van der Waals surface area contributed by atoms with Crippen molar-refractivity contribution in [3.8, 4) is 5.75 Å². The molecule has 3 N–H and O–H groups in total. The number of aliphatic hydroxyl groups is 1. The zero-order valence-corrected chi connectivity index (χ0v) is 8.70. The van der Waals surface area contributed by atoms with Crippen molar-refractivity contribution in [2.45, 2.75) is 0 Å².